The lowest BCUT2D eigenvalue weighted by atomic mass is 9.98. The molecule has 3 atom stereocenters. The average molecular weight is 267 g/mol. The molecule has 1 heterocycles. The summed E-state index contributed by atoms with van der Waals surface area (Å²) in [5.41, 5.74) is 1.33. The molecule has 1 aliphatic heterocycles. The third-order valence-electron chi connectivity index (χ3n) is 3.91. The first-order chi connectivity index (χ1) is 8.58. The van der Waals surface area contributed by atoms with E-state index < -0.39 is 0 Å². The van der Waals surface area contributed by atoms with Gasteiger partial charge < -0.3 is 5.32 Å². The van der Waals surface area contributed by atoms with E-state index in [9.17, 15) is 0 Å². The number of nitrogens with zero attached hydrogens (tertiary/aromatic N) is 1. The van der Waals surface area contributed by atoms with Crippen LogP contribution in [0.15, 0.2) is 24.3 Å². The second-order valence-corrected chi connectivity index (χ2v) is 5.95. The lowest BCUT2D eigenvalue weighted by Crippen LogP contribution is -2.55. The van der Waals surface area contributed by atoms with Crippen LogP contribution < -0.4 is 5.32 Å². The van der Waals surface area contributed by atoms with Gasteiger partial charge in [-0.3, -0.25) is 4.90 Å². The van der Waals surface area contributed by atoms with Gasteiger partial charge in [0.2, 0.25) is 0 Å². The summed E-state index contributed by atoms with van der Waals surface area (Å²) < 4.78 is 0. The standard InChI is InChI=1S/C15H23ClN2/c1-11(14-5-4-6-15(16)7-14)10-18-12(2)8-17-9-13(18)3/h4-7,11-13,17H,8-10H2,1-3H3/t11?,12-,13+. The number of benzene rings is 1. The van der Waals surface area contributed by atoms with Crippen LogP contribution in [0, 0.1) is 0 Å². The zero-order valence-electron chi connectivity index (χ0n) is 11.5. The van der Waals surface area contributed by atoms with Gasteiger partial charge in [0.05, 0.1) is 0 Å². The average Bonchev–Trinajstić information content (AvgIpc) is 2.34. The lowest BCUT2D eigenvalue weighted by Gasteiger charge is -2.40. The van der Waals surface area contributed by atoms with Crippen molar-refractivity contribution in [2.45, 2.75) is 38.8 Å². The Morgan fingerprint density at radius 1 is 1.33 bits per heavy atom. The molecule has 2 rings (SSSR count). The highest BCUT2D eigenvalue weighted by atomic mass is 35.5. The number of rotatable bonds is 3. The molecule has 0 aromatic heterocycles. The molecule has 1 aromatic carbocycles. The fourth-order valence-electron chi connectivity index (χ4n) is 2.76. The molecule has 1 fully saturated rings. The summed E-state index contributed by atoms with van der Waals surface area (Å²) in [7, 11) is 0. The number of piperazine rings is 1. The molecule has 100 valence electrons. The van der Waals surface area contributed by atoms with Crippen molar-refractivity contribution < 1.29 is 0 Å². The Kier molecular flexibility index (Phi) is 4.66. The van der Waals surface area contributed by atoms with E-state index in [1.165, 1.54) is 5.56 Å². The van der Waals surface area contributed by atoms with Crippen LogP contribution in [0.3, 0.4) is 0 Å². The molecule has 0 aliphatic carbocycles. The molecular weight excluding hydrogens is 244 g/mol. The van der Waals surface area contributed by atoms with Crippen molar-refractivity contribution in [2.75, 3.05) is 19.6 Å². The molecule has 1 aliphatic rings. The summed E-state index contributed by atoms with van der Waals surface area (Å²) in [6, 6.07) is 9.45. The summed E-state index contributed by atoms with van der Waals surface area (Å²) >= 11 is 6.07. The molecular formula is C15H23ClN2. The Morgan fingerprint density at radius 3 is 2.61 bits per heavy atom. The van der Waals surface area contributed by atoms with Gasteiger partial charge >= 0.3 is 0 Å². The molecule has 0 amide bonds. The van der Waals surface area contributed by atoms with E-state index >= 15 is 0 Å². The summed E-state index contributed by atoms with van der Waals surface area (Å²) in [6.07, 6.45) is 0. The van der Waals surface area contributed by atoms with Crippen LogP contribution in [0.2, 0.25) is 5.02 Å². The zero-order valence-corrected chi connectivity index (χ0v) is 12.2. The van der Waals surface area contributed by atoms with Crippen LogP contribution in [0.1, 0.15) is 32.3 Å². The molecule has 0 saturated carbocycles. The van der Waals surface area contributed by atoms with Gasteiger partial charge in [0, 0.05) is 36.7 Å². The molecule has 18 heavy (non-hydrogen) atoms. The summed E-state index contributed by atoms with van der Waals surface area (Å²) in [4.78, 5) is 2.60. The van der Waals surface area contributed by atoms with Gasteiger partial charge in [-0.05, 0) is 37.5 Å². The van der Waals surface area contributed by atoms with Crippen LogP contribution in [-0.2, 0) is 0 Å². The zero-order chi connectivity index (χ0) is 13.1. The Bertz CT molecular complexity index is 384. The van der Waals surface area contributed by atoms with Gasteiger partial charge in [0.1, 0.15) is 0 Å². The molecule has 2 nitrogen and oxygen atoms in total. The first-order valence-corrected chi connectivity index (χ1v) is 7.17. The van der Waals surface area contributed by atoms with Crippen molar-refractivity contribution in [1.29, 1.82) is 0 Å². The van der Waals surface area contributed by atoms with Gasteiger partial charge in [0.25, 0.3) is 0 Å². The molecule has 1 saturated heterocycles. The first kappa shape index (κ1) is 13.9. The van der Waals surface area contributed by atoms with Gasteiger partial charge in [-0.25, -0.2) is 0 Å². The van der Waals surface area contributed by atoms with Crippen molar-refractivity contribution in [3.05, 3.63) is 34.9 Å². The smallest absolute Gasteiger partial charge is 0.0408 e. The highest BCUT2D eigenvalue weighted by Gasteiger charge is 2.25. The summed E-state index contributed by atoms with van der Waals surface area (Å²) in [6.45, 7) is 10.2. The van der Waals surface area contributed by atoms with Gasteiger partial charge in [0.15, 0.2) is 0 Å². The van der Waals surface area contributed by atoms with E-state index in [-0.39, 0.29) is 0 Å². The largest absolute Gasteiger partial charge is 0.314 e. The highest BCUT2D eigenvalue weighted by Crippen LogP contribution is 2.22. The van der Waals surface area contributed by atoms with E-state index in [4.69, 9.17) is 11.6 Å². The van der Waals surface area contributed by atoms with Crippen molar-refractivity contribution in [2.24, 2.45) is 0 Å². The second-order valence-electron chi connectivity index (χ2n) is 5.51. The normalized spacial score (nSPS) is 27.1. The highest BCUT2D eigenvalue weighted by molar-refractivity contribution is 6.30. The molecule has 1 unspecified atom stereocenters. The summed E-state index contributed by atoms with van der Waals surface area (Å²) in [5.74, 6) is 0.520. The number of halogens is 1. The van der Waals surface area contributed by atoms with Crippen molar-refractivity contribution in [3.8, 4) is 0 Å². The number of nitrogens with one attached hydrogen (secondary N) is 1. The minimum atomic E-state index is 0.520. The second kappa shape index (κ2) is 6.05. The topological polar surface area (TPSA) is 15.3 Å². The molecule has 0 spiro atoms. The predicted molar refractivity (Wildman–Crippen MR) is 78.4 cm³/mol. The first-order valence-electron chi connectivity index (χ1n) is 6.80. The molecule has 0 bridgehead atoms. The van der Waals surface area contributed by atoms with E-state index in [2.05, 4.69) is 43.1 Å². The van der Waals surface area contributed by atoms with Crippen LogP contribution in [0.25, 0.3) is 0 Å². The van der Waals surface area contributed by atoms with Crippen LogP contribution >= 0.6 is 11.6 Å². The summed E-state index contributed by atoms with van der Waals surface area (Å²) in [5, 5.41) is 4.31. The van der Waals surface area contributed by atoms with E-state index in [1.807, 2.05) is 12.1 Å². The number of hydrogen-bond donors (Lipinski definition) is 1. The Morgan fingerprint density at radius 2 is 2.00 bits per heavy atom. The minimum absolute atomic E-state index is 0.520. The van der Waals surface area contributed by atoms with Crippen LogP contribution in [0.5, 0.6) is 0 Å². The van der Waals surface area contributed by atoms with Crippen molar-refractivity contribution in [1.82, 2.24) is 10.2 Å². The molecule has 1 aromatic rings. The van der Waals surface area contributed by atoms with Crippen molar-refractivity contribution in [3.63, 3.8) is 0 Å². The van der Waals surface area contributed by atoms with Crippen LogP contribution in [0.4, 0.5) is 0 Å². The Balaban J connectivity index is 2.04. The third kappa shape index (κ3) is 3.25. The molecule has 1 N–H and O–H groups in total. The molecule has 3 heteroatoms. The lowest BCUT2D eigenvalue weighted by molar-refractivity contribution is 0.111. The number of hydrogen-bond acceptors (Lipinski definition) is 2. The van der Waals surface area contributed by atoms with Gasteiger partial charge in [-0.2, -0.15) is 0 Å². The van der Waals surface area contributed by atoms with Crippen LogP contribution in [-0.4, -0.2) is 36.6 Å². The van der Waals surface area contributed by atoms with Crippen molar-refractivity contribution >= 4 is 11.6 Å². The predicted octanol–water partition coefficient (Wildman–Crippen LogP) is 3.13. The van der Waals surface area contributed by atoms with E-state index in [0.29, 0.717) is 18.0 Å². The molecule has 0 radical (unpaired) electrons. The van der Waals surface area contributed by atoms with Gasteiger partial charge in [-0.1, -0.05) is 30.7 Å². The fourth-order valence-corrected chi connectivity index (χ4v) is 2.96. The minimum Gasteiger partial charge on any atom is -0.314 e. The maximum Gasteiger partial charge on any atom is 0.0408 e. The SMILES string of the molecule is CC(CN1[C@H](C)CNC[C@@H]1C)c1cccc(Cl)c1. The van der Waals surface area contributed by atoms with Gasteiger partial charge in [-0.15, -0.1) is 0 Å². The van der Waals surface area contributed by atoms with E-state index in [1.54, 1.807) is 0 Å². The Hall–Kier alpha value is -0.570. The van der Waals surface area contributed by atoms with E-state index in [0.717, 1.165) is 24.7 Å². The maximum absolute atomic E-state index is 6.07. The fraction of sp³-hybridized carbons (Fsp3) is 0.600. The maximum atomic E-state index is 6.07. The Labute approximate surface area is 115 Å². The monoisotopic (exact) mass is 266 g/mol. The quantitative estimate of drug-likeness (QED) is 0.904. The third-order valence-corrected chi connectivity index (χ3v) is 4.15.